The van der Waals surface area contributed by atoms with E-state index in [2.05, 4.69) is 15.4 Å². The number of ether oxygens (including phenoxy) is 1. The van der Waals surface area contributed by atoms with Gasteiger partial charge in [-0.3, -0.25) is 14.3 Å². The van der Waals surface area contributed by atoms with Crippen LogP contribution in [0.5, 0.6) is 0 Å². The van der Waals surface area contributed by atoms with Gasteiger partial charge in [0.1, 0.15) is 0 Å². The second-order valence-corrected chi connectivity index (χ2v) is 6.65. The molecule has 2 amide bonds. The number of amides is 2. The van der Waals surface area contributed by atoms with Gasteiger partial charge in [-0.15, -0.1) is 5.10 Å². The summed E-state index contributed by atoms with van der Waals surface area (Å²) in [6.45, 7) is 5.21. The SMILES string of the molecule is Cc1cc(C(=O)N2CC(n3cc(C(=O)N4CCOCC4)nn3)C2)nn1C. The minimum atomic E-state index is -0.129. The molecule has 4 heterocycles. The monoisotopic (exact) mass is 359 g/mol. The molecule has 0 bridgehead atoms. The molecule has 4 rings (SSSR count). The number of hydrogen-bond acceptors (Lipinski definition) is 6. The number of likely N-dealkylation sites (tertiary alicyclic amines) is 1. The van der Waals surface area contributed by atoms with Gasteiger partial charge in [0, 0.05) is 38.9 Å². The average Bonchev–Trinajstić information content (AvgIpc) is 3.21. The highest BCUT2D eigenvalue weighted by Gasteiger charge is 2.35. The zero-order valence-electron chi connectivity index (χ0n) is 14.8. The summed E-state index contributed by atoms with van der Waals surface area (Å²) in [6.07, 6.45) is 1.66. The fraction of sp³-hybridized carbons (Fsp3) is 0.562. The van der Waals surface area contributed by atoms with Crippen molar-refractivity contribution in [2.75, 3.05) is 39.4 Å². The quantitative estimate of drug-likeness (QED) is 0.732. The molecule has 2 aromatic heterocycles. The highest BCUT2D eigenvalue weighted by Crippen LogP contribution is 2.22. The molecule has 2 saturated heterocycles. The van der Waals surface area contributed by atoms with Crippen molar-refractivity contribution >= 4 is 11.8 Å². The molecular formula is C16H21N7O3. The summed E-state index contributed by atoms with van der Waals surface area (Å²) in [7, 11) is 1.81. The van der Waals surface area contributed by atoms with Gasteiger partial charge in [-0.2, -0.15) is 5.10 Å². The highest BCUT2D eigenvalue weighted by atomic mass is 16.5. The van der Waals surface area contributed by atoms with E-state index in [-0.39, 0.29) is 17.9 Å². The topological polar surface area (TPSA) is 98.4 Å². The molecular weight excluding hydrogens is 338 g/mol. The van der Waals surface area contributed by atoms with Crippen molar-refractivity contribution in [3.8, 4) is 0 Å². The van der Waals surface area contributed by atoms with Crippen LogP contribution in [0.2, 0.25) is 0 Å². The zero-order chi connectivity index (χ0) is 18.3. The van der Waals surface area contributed by atoms with Crippen molar-refractivity contribution < 1.29 is 14.3 Å². The normalized spacial score (nSPS) is 18.1. The Morgan fingerprint density at radius 2 is 1.81 bits per heavy atom. The minimum Gasteiger partial charge on any atom is -0.378 e. The molecule has 2 aliphatic rings. The van der Waals surface area contributed by atoms with Gasteiger partial charge in [-0.1, -0.05) is 5.21 Å². The van der Waals surface area contributed by atoms with Gasteiger partial charge in [0.2, 0.25) is 0 Å². The number of aromatic nitrogens is 5. The Balaban J connectivity index is 1.36. The Kier molecular flexibility index (Phi) is 4.19. The lowest BCUT2D eigenvalue weighted by Crippen LogP contribution is -2.51. The molecule has 26 heavy (non-hydrogen) atoms. The van der Waals surface area contributed by atoms with Crippen molar-refractivity contribution in [1.29, 1.82) is 0 Å². The summed E-state index contributed by atoms with van der Waals surface area (Å²) in [6, 6.07) is 1.81. The molecule has 2 fully saturated rings. The molecule has 0 radical (unpaired) electrons. The van der Waals surface area contributed by atoms with Crippen LogP contribution >= 0.6 is 0 Å². The van der Waals surface area contributed by atoms with E-state index in [0.717, 1.165) is 5.69 Å². The van der Waals surface area contributed by atoms with Crippen molar-refractivity contribution in [2.45, 2.75) is 13.0 Å². The summed E-state index contributed by atoms with van der Waals surface area (Å²) in [4.78, 5) is 28.3. The van der Waals surface area contributed by atoms with E-state index < -0.39 is 0 Å². The van der Waals surface area contributed by atoms with Gasteiger partial charge < -0.3 is 14.5 Å². The Hall–Kier alpha value is -2.75. The van der Waals surface area contributed by atoms with Crippen LogP contribution in [0.25, 0.3) is 0 Å². The van der Waals surface area contributed by atoms with Crippen LogP contribution in [0, 0.1) is 6.92 Å². The lowest BCUT2D eigenvalue weighted by molar-refractivity contribution is 0.0298. The molecule has 2 aromatic rings. The molecule has 0 aliphatic carbocycles. The molecule has 0 aromatic carbocycles. The van der Waals surface area contributed by atoms with Crippen molar-refractivity contribution in [1.82, 2.24) is 34.6 Å². The summed E-state index contributed by atoms with van der Waals surface area (Å²) >= 11 is 0. The Labute approximate surface area is 150 Å². The number of carbonyl (C=O) groups is 2. The highest BCUT2D eigenvalue weighted by molar-refractivity contribution is 5.93. The van der Waals surface area contributed by atoms with E-state index in [9.17, 15) is 9.59 Å². The second kappa shape index (κ2) is 6.52. The predicted molar refractivity (Wildman–Crippen MR) is 89.6 cm³/mol. The molecule has 0 saturated carbocycles. The largest absolute Gasteiger partial charge is 0.378 e. The lowest BCUT2D eigenvalue weighted by atomic mass is 10.1. The molecule has 2 aliphatic heterocycles. The molecule has 10 heteroatoms. The standard InChI is InChI=1S/C16H21N7O3/c1-11-7-13(18-20(11)2)15(24)22-8-12(9-22)23-10-14(17-19-23)16(25)21-3-5-26-6-4-21/h7,10,12H,3-6,8-9H2,1-2H3. The molecule has 0 spiro atoms. The first-order valence-corrected chi connectivity index (χ1v) is 8.61. The predicted octanol–water partition coefficient (Wildman–Crippen LogP) is -0.510. The first-order chi connectivity index (χ1) is 12.5. The summed E-state index contributed by atoms with van der Waals surface area (Å²) < 4.78 is 8.61. The fourth-order valence-corrected chi connectivity index (χ4v) is 3.10. The van der Waals surface area contributed by atoms with Crippen LogP contribution in [-0.4, -0.2) is 85.8 Å². The molecule has 10 nitrogen and oxygen atoms in total. The average molecular weight is 359 g/mol. The number of carbonyl (C=O) groups excluding carboxylic acids is 2. The first kappa shape index (κ1) is 16.7. The first-order valence-electron chi connectivity index (χ1n) is 8.61. The van der Waals surface area contributed by atoms with Gasteiger partial charge in [0.05, 0.1) is 25.5 Å². The molecule has 0 N–H and O–H groups in total. The third-order valence-corrected chi connectivity index (χ3v) is 4.88. The summed E-state index contributed by atoms with van der Waals surface area (Å²) in [5.41, 5.74) is 1.72. The van der Waals surface area contributed by atoms with Gasteiger partial charge in [-0.05, 0) is 13.0 Å². The maximum atomic E-state index is 12.4. The fourth-order valence-electron chi connectivity index (χ4n) is 3.10. The van der Waals surface area contributed by atoms with Gasteiger partial charge >= 0.3 is 0 Å². The number of morpholine rings is 1. The third kappa shape index (κ3) is 2.96. The maximum absolute atomic E-state index is 12.4. The van der Waals surface area contributed by atoms with Gasteiger partial charge in [0.15, 0.2) is 11.4 Å². The smallest absolute Gasteiger partial charge is 0.276 e. The second-order valence-electron chi connectivity index (χ2n) is 6.65. The van der Waals surface area contributed by atoms with Gasteiger partial charge in [0.25, 0.3) is 11.8 Å². The summed E-state index contributed by atoms with van der Waals surface area (Å²) in [5, 5.41) is 12.3. The summed E-state index contributed by atoms with van der Waals surface area (Å²) in [5.74, 6) is -0.217. The van der Waals surface area contributed by atoms with Crippen LogP contribution in [-0.2, 0) is 11.8 Å². The number of hydrogen-bond donors (Lipinski definition) is 0. The van der Waals surface area contributed by atoms with Crippen LogP contribution in [0.1, 0.15) is 32.7 Å². The lowest BCUT2D eigenvalue weighted by Gasteiger charge is -2.38. The molecule has 0 atom stereocenters. The van der Waals surface area contributed by atoms with Crippen LogP contribution in [0.3, 0.4) is 0 Å². The maximum Gasteiger partial charge on any atom is 0.276 e. The third-order valence-electron chi connectivity index (χ3n) is 4.88. The molecule has 0 unspecified atom stereocenters. The Bertz CT molecular complexity index is 811. The number of nitrogens with zero attached hydrogens (tertiary/aromatic N) is 7. The van der Waals surface area contributed by atoms with Crippen LogP contribution in [0.4, 0.5) is 0 Å². The number of aryl methyl sites for hydroxylation is 2. The molecule has 138 valence electrons. The van der Waals surface area contributed by atoms with Crippen molar-refractivity contribution in [3.05, 3.63) is 29.3 Å². The van der Waals surface area contributed by atoms with Crippen molar-refractivity contribution in [2.24, 2.45) is 7.05 Å². The Morgan fingerprint density at radius 3 is 2.46 bits per heavy atom. The van der Waals surface area contributed by atoms with E-state index in [1.54, 1.807) is 31.4 Å². The van der Waals surface area contributed by atoms with E-state index in [4.69, 9.17) is 4.74 Å². The van der Waals surface area contributed by atoms with E-state index in [1.807, 2.05) is 14.0 Å². The minimum absolute atomic E-state index is 0.0301. The zero-order valence-corrected chi connectivity index (χ0v) is 14.8. The Morgan fingerprint density at radius 1 is 1.12 bits per heavy atom. The van der Waals surface area contributed by atoms with Crippen LogP contribution in [0.15, 0.2) is 12.3 Å². The van der Waals surface area contributed by atoms with Crippen LogP contribution < -0.4 is 0 Å². The van der Waals surface area contributed by atoms with E-state index >= 15 is 0 Å². The van der Waals surface area contributed by atoms with Crippen molar-refractivity contribution in [3.63, 3.8) is 0 Å². The van der Waals surface area contributed by atoms with E-state index in [0.29, 0.717) is 50.8 Å². The number of rotatable bonds is 3. The van der Waals surface area contributed by atoms with Gasteiger partial charge in [-0.25, -0.2) is 4.68 Å². The van der Waals surface area contributed by atoms with E-state index in [1.165, 1.54) is 0 Å².